The maximum atomic E-state index is 5.38. The van der Waals surface area contributed by atoms with Gasteiger partial charge in [0.15, 0.2) is 0 Å². The van der Waals surface area contributed by atoms with Crippen molar-refractivity contribution in [2.75, 3.05) is 17.9 Å². The molecule has 94 valence electrons. The zero-order chi connectivity index (χ0) is 12.3. The lowest BCUT2D eigenvalue weighted by Crippen LogP contribution is -2.20. The first-order chi connectivity index (χ1) is 8.24. The van der Waals surface area contributed by atoms with Crippen molar-refractivity contribution in [3.63, 3.8) is 0 Å². The van der Waals surface area contributed by atoms with Crippen LogP contribution in [0.25, 0.3) is 0 Å². The first-order valence-corrected chi connectivity index (χ1v) is 5.82. The summed E-state index contributed by atoms with van der Waals surface area (Å²) < 4.78 is 5.35. The van der Waals surface area contributed by atoms with Gasteiger partial charge in [0.2, 0.25) is 0 Å². The molecular weight excluding hydrogens is 218 g/mol. The van der Waals surface area contributed by atoms with Crippen LogP contribution in [-0.4, -0.2) is 29.2 Å². The molecule has 6 heteroatoms. The van der Waals surface area contributed by atoms with Gasteiger partial charge in [0, 0.05) is 18.7 Å². The summed E-state index contributed by atoms with van der Waals surface area (Å²) in [5, 5.41) is 3.42. The van der Waals surface area contributed by atoms with E-state index in [2.05, 4.69) is 20.7 Å². The third-order valence-electron chi connectivity index (χ3n) is 3.28. The van der Waals surface area contributed by atoms with Gasteiger partial charge in [-0.3, -0.25) is 0 Å². The molecule has 1 fully saturated rings. The number of nitrogens with one attached hydrogen (secondary N) is 2. The van der Waals surface area contributed by atoms with Gasteiger partial charge in [0.05, 0.1) is 6.10 Å². The van der Waals surface area contributed by atoms with Crippen molar-refractivity contribution < 1.29 is 4.74 Å². The second kappa shape index (κ2) is 5.29. The molecule has 0 amide bonds. The molecule has 2 rings (SSSR count). The van der Waals surface area contributed by atoms with Gasteiger partial charge in [-0.2, -0.15) is 0 Å². The van der Waals surface area contributed by atoms with Crippen molar-refractivity contribution in [2.24, 2.45) is 5.84 Å². The van der Waals surface area contributed by atoms with E-state index < -0.39 is 0 Å². The molecular formula is C11H19N5O. The van der Waals surface area contributed by atoms with E-state index in [1.165, 1.54) is 6.33 Å². The Morgan fingerprint density at radius 3 is 2.76 bits per heavy atom. The summed E-state index contributed by atoms with van der Waals surface area (Å²) in [5.41, 5.74) is 3.51. The molecule has 1 aliphatic rings. The third-order valence-corrected chi connectivity index (χ3v) is 3.28. The molecule has 1 heterocycles. The summed E-state index contributed by atoms with van der Waals surface area (Å²) in [5.74, 6) is 6.88. The molecule has 2 atom stereocenters. The van der Waals surface area contributed by atoms with Gasteiger partial charge < -0.3 is 15.5 Å². The average Bonchev–Trinajstić information content (AvgIpc) is 2.79. The van der Waals surface area contributed by atoms with E-state index in [1.807, 2.05) is 6.92 Å². The third kappa shape index (κ3) is 2.65. The summed E-state index contributed by atoms with van der Waals surface area (Å²) in [6.45, 7) is 1.94. The fraction of sp³-hybridized carbons (Fsp3) is 0.636. The number of nitrogen functional groups attached to an aromatic ring is 1. The molecule has 0 aliphatic heterocycles. The Morgan fingerprint density at radius 2 is 2.12 bits per heavy atom. The number of nitrogens with zero attached hydrogens (tertiary/aromatic N) is 2. The molecule has 2 unspecified atom stereocenters. The van der Waals surface area contributed by atoms with Crippen molar-refractivity contribution in [1.29, 1.82) is 0 Å². The summed E-state index contributed by atoms with van der Waals surface area (Å²) >= 11 is 0. The zero-order valence-corrected chi connectivity index (χ0v) is 10.2. The van der Waals surface area contributed by atoms with Gasteiger partial charge in [0.1, 0.15) is 18.0 Å². The van der Waals surface area contributed by atoms with Gasteiger partial charge >= 0.3 is 0 Å². The maximum Gasteiger partial charge on any atom is 0.148 e. The van der Waals surface area contributed by atoms with Crippen LogP contribution in [0.4, 0.5) is 11.6 Å². The quantitative estimate of drug-likeness (QED) is 0.536. The smallest absolute Gasteiger partial charge is 0.148 e. The summed E-state index contributed by atoms with van der Waals surface area (Å²) in [4.78, 5) is 8.29. The Morgan fingerprint density at radius 1 is 1.35 bits per heavy atom. The Kier molecular flexibility index (Phi) is 3.75. The van der Waals surface area contributed by atoms with Crippen LogP contribution in [0.15, 0.2) is 6.33 Å². The number of nitrogens with two attached hydrogens (primary N) is 1. The highest BCUT2D eigenvalue weighted by Gasteiger charge is 2.25. The lowest BCUT2D eigenvalue weighted by Gasteiger charge is -2.16. The lowest BCUT2D eigenvalue weighted by atomic mass is 10.2. The number of hydrogen-bond acceptors (Lipinski definition) is 6. The predicted molar refractivity (Wildman–Crippen MR) is 66.6 cm³/mol. The fourth-order valence-corrected chi connectivity index (χ4v) is 2.22. The molecule has 1 saturated carbocycles. The number of hydrazine groups is 1. The molecule has 1 aromatic rings. The van der Waals surface area contributed by atoms with Gasteiger partial charge in [-0.1, -0.05) is 0 Å². The summed E-state index contributed by atoms with van der Waals surface area (Å²) in [7, 11) is 1.76. The van der Waals surface area contributed by atoms with E-state index in [0.717, 1.165) is 30.6 Å². The first-order valence-electron chi connectivity index (χ1n) is 5.82. The second-order valence-corrected chi connectivity index (χ2v) is 4.35. The van der Waals surface area contributed by atoms with E-state index >= 15 is 0 Å². The van der Waals surface area contributed by atoms with Crippen LogP contribution in [0.1, 0.15) is 24.8 Å². The number of rotatable bonds is 4. The highest BCUT2D eigenvalue weighted by atomic mass is 16.5. The molecule has 6 nitrogen and oxygen atoms in total. The standard InChI is InChI=1S/C11H19N5O/c1-7-10(13-6-14-11(7)16-12)15-8-3-4-9(5-8)17-2/h6,8-9H,3-5,12H2,1-2H3,(H2,13,14,15,16). The molecule has 0 radical (unpaired) electrons. The predicted octanol–water partition coefficient (Wildman–Crippen LogP) is 1.05. The van der Waals surface area contributed by atoms with Crippen LogP contribution < -0.4 is 16.6 Å². The van der Waals surface area contributed by atoms with Gasteiger partial charge in [-0.05, 0) is 26.2 Å². The van der Waals surface area contributed by atoms with Crippen LogP contribution in [0.3, 0.4) is 0 Å². The fourth-order valence-electron chi connectivity index (χ4n) is 2.22. The van der Waals surface area contributed by atoms with Crippen LogP contribution >= 0.6 is 0 Å². The van der Waals surface area contributed by atoms with Crippen molar-refractivity contribution >= 4 is 11.6 Å². The highest BCUT2D eigenvalue weighted by molar-refractivity contribution is 5.56. The minimum atomic E-state index is 0.363. The average molecular weight is 237 g/mol. The molecule has 0 spiro atoms. The van der Waals surface area contributed by atoms with E-state index in [4.69, 9.17) is 10.6 Å². The Balaban J connectivity index is 2.04. The van der Waals surface area contributed by atoms with E-state index in [-0.39, 0.29) is 0 Å². The van der Waals surface area contributed by atoms with E-state index in [0.29, 0.717) is 18.0 Å². The van der Waals surface area contributed by atoms with Gasteiger partial charge in [0.25, 0.3) is 0 Å². The number of ether oxygens (including phenoxy) is 1. The monoisotopic (exact) mass is 237 g/mol. The molecule has 17 heavy (non-hydrogen) atoms. The molecule has 0 saturated heterocycles. The number of aromatic nitrogens is 2. The minimum absolute atomic E-state index is 0.363. The molecule has 4 N–H and O–H groups in total. The van der Waals surface area contributed by atoms with Crippen LogP contribution in [0, 0.1) is 6.92 Å². The Hall–Kier alpha value is -1.40. The first kappa shape index (κ1) is 12.1. The van der Waals surface area contributed by atoms with Crippen LogP contribution in [0.2, 0.25) is 0 Å². The highest BCUT2D eigenvalue weighted by Crippen LogP contribution is 2.26. The molecule has 0 bridgehead atoms. The molecule has 1 aromatic heterocycles. The van der Waals surface area contributed by atoms with Crippen molar-refractivity contribution in [3.05, 3.63) is 11.9 Å². The Bertz CT molecular complexity index is 384. The lowest BCUT2D eigenvalue weighted by molar-refractivity contribution is 0.108. The van der Waals surface area contributed by atoms with Crippen LogP contribution in [-0.2, 0) is 4.74 Å². The van der Waals surface area contributed by atoms with Crippen molar-refractivity contribution in [2.45, 2.75) is 38.3 Å². The zero-order valence-electron chi connectivity index (χ0n) is 10.2. The second-order valence-electron chi connectivity index (χ2n) is 4.35. The van der Waals surface area contributed by atoms with Crippen molar-refractivity contribution in [3.8, 4) is 0 Å². The maximum absolute atomic E-state index is 5.38. The number of methoxy groups -OCH3 is 1. The summed E-state index contributed by atoms with van der Waals surface area (Å²) in [6, 6.07) is 0.416. The number of hydrogen-bond donors (Lipinski definition) is 3. The Labute approximate surface area is 101 Å². The van der Waals surface area contributed by atoms with E-state index in [1.54, 1.807) is 7.11 Å². The van der Waals surface area contributed by atoms with Crippen LogP contribution in [0.5, 0.6) is 0 Å². The number of anilines is 2. The SMILES string of the molecule is COC1CCC(Nc2ncnc(NN)c2C)C1. The van der Waals surface area contributed by atoms with Gasteiger partial charge in [-0.15, -0.1) is 0 Å². The normalized spacial score (nSPS) is 23.7. The topological polar surface area (TPSA) is 85.1 Å². The van der Waals surface area contributed by atoms with Gasteiger partial charge in [-0.25, -0.2) is 15.8 Å². The minimum Gasteiger partial charge on any atom is -0.381 e. The molecule has 1 aliphatic carbocycles. The summed E-state index contributed by atoms with van der Waals surface area (Å²) in [6.07, 6.45) is 5.09. The van der Waals surface area contributed by atoms with Crippen molar-refractivity contribution in [1.82, 2.24) is 9.97 Å². The largest absolute Gasteiger partial charge is 0.381 e. The van der Waals surface area contributed by atoms with E-state index in [9.17, 15) is 0 Å². The molecule has 0 aromatic carbocycles.